The first-order valence-corrected chi connectivity index (χ1v) is 8.27. The number of amides is 1. The number of hydrogen-bond donors (Lipinski definition) is 1. The number of aromatic nitrogens is 2. The fourth-order valence-electron chi connectivity index (χ4n) is 3.12. The highest BCUT2D eigenvalue weighted by Crippen LogP contribution is 2.38. The number of carbonyl (C=O) groups is 1. The van der Waals surface area contributed by atoms with Crippen molar-refractivity contribution in [3.8, 4) is 0 Å². The summed E-state index contributed by atoms with van der Waals surface area (Å²) in [6.07, 6.45) is -3.91. The number of likely N-dealkylation sites (tertiary alicyclic amines) is 1. The van der Waals surface area contributed by atoms with Crippen LogP contribution in [0.5, 0.6) is 0 Å². The van der Waals surface area contributed by atoms with E-state index in [4.69, 9.17) is 0 Å². The van der Waals surface area contributed by atoms with E-state index >= 15 is 0 Å². The Labute approximate surface area is 139 Å². The van der Waals surface area contributed by atoms with Gasteiger partial charge in [0.25, 0.3) is 5.91 Å². The molecule has 0 aliphatic carbocycles. The number of carbonyl (C=O) groups excluding carboxylic acids is 1. The van der Waals surface area contributed by atoms with Crippen LogP contribution in [0, 0.1) is 6.92 Å². The predicted molar refractivity (Wildman–Crippen MR) is 82.7 cm³/mol. The Hall–Kier alpha value is -1.57. The van der Waals surface area contributed by atoms with Crippen molar-refractivity contribution in [2.45, 2.75) is 64.3 Å². The quantitative estimate of drug-likeness (QED) is 0.911. The van der Waals surface area contributed by atoms with Crippen LogP contribution in [-0.4, -0.2) is 50.6 Å². The first-order chi connectivity index (χ1) is 11.1. The summed E-state index contributed by atoms with van der Waals surface area (Å²) in [7, 11) is 0. The van der Waals surface area contributed by atoms with Gasteiger partial charge in [0.05, 0.1) is 6.04 Å². The fraction of sp³-hybridized carbons (Fsp3) is 0.750. The molecule has 136 valence electrons. The summed E-state index contributed by atoms with van der Waals surface area (Å²) < 4.78 is 40.3. The second-order valence-electron chi connectivity index (χ2n) is 6.41. The summed E-state index contributed by atoms with van der Waals surface area (Å²) in [5.41, 5.74) is -1.60. The Morgan fingerprint density at radius 2 is 1.88 bits per heavy atom. The van der Waals surface area contributed by atoms with E-state index in [0.29, 0.717) is 0 Å². The van der Waals surface area contributed by atoms with E-state index in [1.807, 2.05) is 25.5 Å². The van der Waals surface area contributed by atoms with Crippen molar-refractivity contribution in [3.63, 3.8) is 0 Å². The molecule has 5 nitrogen and oxygen atoms in total. The summed E-state index contributed by atoms with van der Waals surface area (Å²) >= 11 is 0. The lowest BCUT2D eigenvalue weighted by Crippen LogP contribution is -2.54. The van der Waals surface area contributed by atoms with Gasteiger partial charge < -0.3 is 10.0 Å². The SMILES string of the molecule is CCC(CC)n1nc(C(=O)N2CCC(O)(C(F)(F)F)CC2)cc1C. The number of nitrogens with zero attached hydrogens (tertiary/aromatic N) is 3. The number of piperidine rings is 1. The monoisotopic (exact) mass is 347 g/mol. The van der Waals surface area contributed by atoms with Crippen LogP contribution < -0.4 is 0 Å². The van der Waals surface area contributed by atoms with E-state index in [9.17, 15) is 23.1 Å². The Morgan fingerprint density at radius 3 is 2.33 bits per heavy atom. The zero-order chi connectivity index (χ0) is 18.1. The molecule has 8 heteroatoms. The summed E-state index contributed by atoms with van der Waals surface area (Å²) in [4.78, 5) is 13.8. The normalized spacial score (nSPS) is 18.2. The molecule has 24 heavy (non-hydrogen) atoms. The van der Waals surface area contributed by atoms with E-state index in [-0.39, 0.29) is 30.7 Å². The average molecular weight is 347 g/mol. The molecule has 1 aliphatic heterocycles. The third-order valence-corrected chi connectivity index (χ3v) is 4.84. The first kappa shape index (κ1) is 18.8. The number of alkyl halides is 3. The number of rotatable bonds is 4. The van der Waals surface area contributed by atoms with Crippen LogP contribution in [0.2, 0.25) is 0 Å². The van der Waals surface area contributed by atoms with Gasteiger partial charge in [-0.25, -0.2) is 0 Å². The lowest BCUT2D eigenvalue weighted by atomic mass is 9.90. The van der Waals surface area contributed by atoms with Gasteiger partial charge in [0.1, 0.15) is 0 Å². The summed E-state index contributed by atoms with van der Waals surface area (Å²) in [5.74, 6) is -0.382. The van der Waals surface area contributed by atoms with Gasteiger partial charge in [-0.3, -0.25) is 9.48 Å². The topological polar surface area (TPSA) is 58.4 Å². The standard InChI is InChI=1S/C16H24F3N3O2/c1-4-12(5-2)22-11(3)10-13(20-22)14(23)21-8-6-15(24,7-9-21)16(17,18)19/h10,12,24H,4-9H2,1-3H3. The molecule has 2 rings (SSSR count). The minimum atomic E-state index is -4.67. The highest BCUT2D eigenvalue weighted by atomic mass is 19.4. The molecule has 1 saturated heterocycles. The van der Waals surface area contributed by atoms with Crippen LogP contribution in [0.4, 0.5) is 13.2 Å². The summed E-state index contributed by atoms with van der Waals surface area (Å²) in [6.45, 7) is 5.68. The fourth-order valence-corrected chi connectivity index (χ4v) is 3.12. The van der Waals surface area contributed by atoms with E-state index in [0.717, 1.165) is 18.5 Å². The molecule has 0 radical (unpaired) electrons. The first-order valence-electron chi connectivity index (χ1n) is 8.27. The highest BCUT2D eigenvalue weighted by molar-refractivity contribution is 5.92. The maximum atomic E-state index is 12.8. The molecule has 0 aromatic carbocycles. The Balaban J connectivity index is 2.10. The van der Waals surface area contributed by atoms with Crippen molar-refractivity contribution in [2.24, 2.45) is 0 Å². The zero-order valence-corrected chi connectivity index (χ0v) is 14.2. The Kier molecular flexibility index (Phi) is 5.27. The van der Waals surface area contributed by atoms with Gasteiger partial charge in [-0.1, -0.05) is 13.8 Å². The average Bonchev–Trinajstić information content (AvgIpc) is 2.90. The summed E-state index contributed by atoms with van der Waals surface area (Å²) in [5, 5.41) is 14.0. The molecule has 1 aromatic rings. The number of aryl methyl sites for hydroxylation is 1. The molecule has 0 unspecified atom stereocenters. The summed E-state index contributed by atoms with van der Waals surface area (Å²) in [6, 6.07) is 1.87. The molecule has 1 N–H and O–H groups in total. The van der Waals surface area contributed by atoms with Crippen molar-refractivity contribution in [3.05, 3.63) is 17.5 Å². The van der Waals surface area contributed by atoms with Crippen molar-refractivity contribution in [1.29, 1.82) is 0 Å². The van der Waals surface area contributed by atoms with Gasteiger partial charge in [0.15, 0.2) is 11.3 Å². The number of halogens is 3. The van der Waals surface area contributed by atoms with Gasteiger partial charge in [-0.05, 0) is 25.8 Å². The van der Waals surface area contributed by atoms with E-state index in [2.05, 4.69) is 5.10 Å². The van der Waals surface area contributed by atoms with E-state index in [1.165, 1.54) is 4.90 Å². The molecule has 0 atom stereocenters. The van der Waals surface area contributed by atoms with Gasteiger partial charge in [0, 0.05) is 31.6 Å². The number of hydrogen-bond acceptors (Lipinski definition) is 3. The second-order valence-corrected chi connectivity index (χ2v) is 6.41. The lowest BCUT2D eigenvalue weighted by Gasteiger charge is -2.38. The third-order valence-electron chi connectivity index (χ3n) is 4.84. The van der Waals surface area contributed by atoms with Crippen LogP contribution in [0.3, 0.4) is 0 Å². The molecule has 0 spiro atoms. The largest absolute Gasteiger partial charge is 0.417 e. The second kappa shape index (κ2) is 6.74. The van der Waals surface area contributed by atoms with Crippen LogP contribution >= 0.6 is 0 Å². The smallest absolute Gasteiger partial charge is 0.380 e. The van der Waals surface area contributed by atoms with E-state index in [1.54, 1.807) is 6.07 Å². The van der Waals surface area contributed by atoms with Crippen LogP contribution in [0.25, 0.3) is 0 Å². The zero-order valence-electron chi connectivity index (χ0n) is 14.2. The molecule has 2 heterocycles. The maximum absolute atomic E-state index is 12.8. The minimum absolute atomic E-state index is 0.133. The van der Waals surface area contributed by atoms with Crippen molar-refractivity contribution < 1.29 is 23.1 Å². The maximum Gasteiger partial charge on any atom is 0.417 e. The predicted octanol–water partition coefficient (Wildman–Crippen LogP) is 3.08. The molecular formula is C16H24F3N3O2. The minimum Gasteiger partial charge on any atom is -0.380 e. The van der Waals surface area contributed by atoms with Crippen LogP contribution in [-0.2, 0) is 0 Å². The van der Waals surface area contributed by atoms with Crippen molar-refractivity contribution >= 4 is 5.91 Å². The molecule has 0 bridgehead atoms. The third kappa shape index (κ3) is 3.43. The molecular weight excluding hydrogens is 323 g/mol. The van der Waals surface area contributed by atoms with Crippen LogP contribution in [0.15, 0.2) is 6.07 Å². The highest BCUT2D eigenvalue weighted by Gasteiger charge is 2.55. The van der Waals surface area contributed by atoms with Crippen molar-refractivity contribution in [1.82, 2.24) is 14.7 Å². The van der Waals surface area contributed by atoms with Crippen LogP contribution in [0.1, 0.15) is 61.8 Å². The van der Waals surface area contributed by atoms with Gasteiger partial charge in [-0.2, -0.15) is 18.3 Å². The van der Waals surface area contributed by atoms with Gasteiger partial charge >= 0.3 is 6.18 Å². The van der Waals surface area contributed by atoms with Gasteiger partial charge in [0.2, 0.25) is 0 Å². The molecule has 0 saturated carbocycles. The Bertz CT molecular complexity index is 586. The van der Waals surface area contributed by atoms with E-state index < -0.39 is 24.6 Å². The molecule has 1 amide bonds. The molecule has 1 aliphatic rings. The molecule has 1 fully saturated rings. The molecule has 1 aromatic heterocycles. The lowest BCUT2D eigenvalue weighted by molar-refractivity contribution is -0.271. The Morgan fingerprint density at radius 1 is 1.33 bits per heavy atom. The number of aliphatic hydroxyl groups is 1. The van der Waals surface area contributed by atoms with Gasteiger partial charge in [-0.15, -0.1) is 0 Å². The van der Waals surface area contributed by atoms with Crippen molar-refractivity contribution in [2.75, 3.05) is 13.1 Å².